The lowest BCUT2D eigenvalue weighted by Gasteiger charge is -2.12. The molecule has 0 aliphatic heterocycles. The van der Waals surface area contributed by atoms with Crippen LogP contribution in [0.4, 0.5) is 26.3 Å². The molecule has 0 saturated heterocycles. The van der Waals surface area contributed by atoms with Gasteiger partial charge in [-0.05, 0) is 5.41 Å². The largest absolute Gasteiger partial charge is 0.460 e. The number of halogens is 6. The van der Waals surface area contributed by atoms with Gasteiger partial charge in [0.2, 0.25) is 6.43 Å². The summed E-state index contributed by atoms with van der Waals surface area (Å²) in [5, 5.41) is 0. The number of esters is 1. The van der Waals surface area contributed by atoms with Gasteiger partial charge in [-0.25, -0.2) is 26.3 Å². The molecule has 2 rings (SSSR count). The van der Waals surface area contributed by atoms with E-state index in [0.717, 1.165) is 7.11 Å². The lowest BCUT2D eigenvalue weighted by molar-refractivity contribution is -0.148. The Kier molecular flexibility index (Phi) is 5.36. The van der Waals surface area contributed by atoms with Crippen molar-refractivity contribution in [2.75, 3.05) is 7.11 Å². The normalized spacial score (nSPS) is 21.5. The molecule has 0 spiro atoms. The molecule has 0 unspecified atom stereocenters. The molecule has 25 heavy (non-hydrogen) atoms. The van der Waals surface area contributed by atoms with Gasteiger partial charge in [-0.2, -0.15) is 0 Å². The maximum absolute atomic E-state index is 13.9. The van der Waals surface area contributed by atoms with Gasteiger partial charge in [0.25, 0.3) is 0 Å². The molecule has 0 N–H and O–H groups in total. The minimum Gasteiger partial charge on any atom is -0.460 e. The second-order valence-electron chi connectivity index (χ2n) is 6.41. The first kappa shape index (κ1) is 19.6. The predicted octanol–water partition coefficient (Wildman–Crippen LogP) is 3.97. The molecule has 1 saturated carbocycles. The van der Waals surface area contributed by atoms with E-state index < -0.39 is 77.3 Å². The van der Waals surface area contributed by atoms with Gasteiger partial charge in [0.1, 0.15) is 6.61 Å². The number of carbonyl (C=O) groups is 1. The molecular formula is C16H16F6O3. The van der Waals surface area contributed by atoms with E-state index in [1.54, 1.807) is 0 Å². The van der Waals surface area contributed by atoms with Gasteiger partial charge in [0.05, 0.1) is 23.7 Å². The van der Waals surface area contributed by atoms with E-state index in [1.165, 1.54) is 13.8 Å². The fourth-order valence-corrected chi connectivity index (χ4v) is 2.95. The second-order valence-corrected chi connectivity index (χ2v) is 6.41. The summed E-state index contributed by atoms with van der Waals surface area (Å²) in [6.07, 6.45) is -2.76. The molecule has 0 heterocycles. The number of hydrogen-bond acceptors (Lipinski definition) is 3. The van der Waals surface area contributed by atoms with Gasteiger partial charge in [0, 0.05) is 13.0 Å². The SMILES string of the molecule is COCc1c(F)c(F)c(COC(=O)[C@@H]2[C@@H](C(F)F)C2(C)C)c(F)c1F. The zero-order valence-corrected chi connectivity index (χ0v) is 13.6. The number of rotatable bonds is 6. The standard InChI is InChI=1S/C16H16F6O3/c1-16(2)8(14(21)22)9(16)15(23)25-5-7-12(19)10(17)6(4-24-3)11(18)13(7)20/h8-9,14H,4-5H2,1-3H3/t8-,9-/m0/s1. The monoisotopic (exact) mass is 370 g/mol. The van der Waals surface area contributed by atoms with E-state index in [0.29, 0.717) is 0 Å². The van der Waals surface area contributed by atoms with Crippen molar-refractivity contribution in [1.82, 2.24) is 0 Å². The van der Waals surface area contributed by atoms with Crippen molar-refractivity contribution < 1.29 is 40.6 Å². The van der Waals surface area contributed by atoms with Crippen molar-refractivity contribution in [2.24, 2.45) is 17.3 Å². The Bertz CT molecular complexity index is 660. The summed E-state index contributed by atoms with van der Waals surface area (Å²) in [4.78, 5) is 11.9. The Labute approximate surface area is 139 Å². The third-order valence-corrected chi connectivity index (χ3v) is 4.53. The zero-order chi connectivity index (χ0) is 19.1. The van der Waals surface area contributed by atoms with Crippen LogP contribution in [0.15, 0.2) is 0 Å². The first-order valence-electron chi connectivity index (χ1n) is 7.33. The van der Waals surface area contributed by atoms with Crippen LogP contribution in [0.1, 0.15) is 25.0 Å². The molecule has 140 valence electrons. The molecule has 0 amide bonds. The summed E-state index contributed by atoms with van der Waals surface area (Å²) in [5.41, 5.74) is -3.09. The number of methoxy groups -OCH3 is 1. The number of ether oxygens (including phenoxy) is 2. The lowest BCUT2D eigenvalue weighted by atomic mass is 10.1. The van der Waals surface area contributed by atoms with Gasteiger partial charge in [-0.15, -0.1) is 0 Å². The van der Waals surface area contributed by atoms with Crippen molar-refractivity contribution in [1.29, 1.82) is 0 Å². The highest BCUT2D eigenvalue weighted by Crippen LogP contribution is 2.61. The molecule has 1 aromatic rings. The van der Waals surface area contributed by atoms with Crippen LogP contribution in [0.2, 0.25) is 0 Å². The van der Waals surface area contributed by atoms with E-state index in [9.17, 15) is 31.1 Å². The highest BCUT2D eigenvalue weighted by molar-refractivity contribution is 5.77. The molecule has 0 bridgehead atoms. The van der Waals surface area contributed by atoms with Gasteiger partial charge in [0.15, 0.2) is 23.3 Å². The molecule has 2 atom stereocenters. The molecule has 1 aromatic carbocycles. The summed E-state index contributed by atoms with van der Waals surface area (Å²) in [5.74, 6) is -10.3. The van der Waals surface area contributed by atoms with Gasteiger partial charge < -0.3 is 9.47 Å². The third kappa shape index (κ3) is 3.33. The van der Waals surface area contributed by atoms with Crippen LogP contribution < -0.4 is 0 Å². The number of hydrogen-bond donors (Lipinski definition) is 0. The smallest absolute Gasteiger partial charge is 0.310 e. The minimum atomic E-state index is -2.76. The average molecular weight is 370 g/mol. The van der Waals surface area contributed by atoms with Crippen LogP contribution in [-0.4, -0.2) is 19.5 Å². The van der Waals surface area contributed by atoms with Gasteiger partial charge >= 0.3 is 5.97 Å². The highest BCUT2D eigenvalue weighted by Gasteiger charge is 2.66. The summed E-state index contributed by atoms with van der Waals surface area (Å²) in [7, 11) is 1.08. The molecule has 3 nitrogen and oxygen atoms in total. The molecule has 9 heteroatoms. The van der Waals surface area contributed by atoms with Gasteiger partial charge in [-0.3, -0.25) is 4.79 Å². The molecule has 1 aliphatic rings. The highest BCUT2D eigenvalue weighted by atomic mass is 19.3. The van der Waals surface area contributed by atoms with E-state index in [1.807, 2.05) is 0 Å². The van der Waals surface area contributed by atoms with E-state index in [-0.39, 0.29) is 0 Å². The minimum absolute atomic E-state index is 0.697. The van der Waals surface area contributed by atoms with Crippen LogP contribution >= 0.6 is 0 Å². The summed E-state index contributed by atoms with van der Waals surface area (Å²) in [6.45, 7) is 1.05. The molecule has 0 aromatic heterocycles. The van der Waals surface area contributed by atoms with Gasteiger partial charge in [-0.1, -0.05) is 13.8 Å². The predicted molar refractivity (Wildman–Crippen MR) is 73.5 cm³/mol. The Hall–Kier alpha value is -1.77. The molecule has 0 radical (unpaired) electrons. The fraction of sp³-hybridized carbons (Fsp3) is 0.562. The topological polar surface area (TPSA) is 35.5 Å². The van der Waals surface area contributed by atoms with Crippen molar-refractivity contribution >= 4 is 5.97 Å². The lowest BCUT2D eigenvalue weighted by Crippen LogP contribution is -2.15. The Morgan fingerprint density at radius 1 is 1.00 bits per heavy atom. The molecular weight excluding hydrogens is 354 g/mol. The van der Waals surface area contributed by atoms with Crippen molar-refractivity contribution in [3.63, 3.8) is 0 Å². The van der Waals surface area contributed by atoms with Crippen molar-refractivity contribution in [2.45, 2.75) is 33.5 Å². The number of benzene rings is 1. The Morgan fingerprint density at radius 3 is 1.80 bits per heavy atom. The maximum Gasteiger partial charge on any atom is 0.310 e. The van der Waals surface area contributed by atoms with Crippen LogP contribution in [0, 0.1) is 40.5 Å². The van der Waals surface area contributed by atoms with Crippen LogP contribution in [0.25, 0.3) is 0 Å². The van der Waals surface area contributed by atoms with E-state index in [4.69, 9.17) is 0 Å². The first-order valence-corrected chi connectivity index (χ1v) is 7.33. The number of alkyl halides is 2. The van der Waals surface area contributed by atoms with Crippen LogP contribution in [0.5, 0.6) is 0 Å². The van der Waals surface area contributed by atoms with Crippen molar-refractivity contribution in [3.05, 3.63) is 34.4 Å². The number of carbonyl (C=O) groups excluding carboxylic acids is 1. The van der Waals surface area contributed by atoms with E-state index in [2.05, 4.69) is 9.47 Å². The summed E-state index contributed by atoms with van der Waals surface area (Å²) >= 11 is 0. The fourth-order valence-electron chi connectivity index (χ4n) is 2.95. The summed E-state index contributed by atoms with van der Waals surface area (Å²) in [6, 6.07) is 0. The average Bonchev–Trinajstić information content (AvgIpc) is 3.12. The first-order chi connectivity index (χ1) is 11.6. The molecule has 1 aliphatic carbocycles. The Morgan fingerprint density at radius 2 is 1.44 bits per heavy atom. The zero-order valence-electron chi connectivity index (χ0n) is 13.6. The second kappa shape index (κ2) is 6.86. The third-order valence-electron chi connectivity index (χ3n) is 4.53. The van der Waals surface area contributed by atoms with Crippen LogP contribution in [-0.2, 0) is 27.5 Å². The van der Waals surface area contributed by atoms with Crippen LogP contribution in [0.3, 0.4) is 0 Å². The maximum atomic E-state index is 13.9. The molecule has 1 fully saturated rings. The van der Waals surface area contributed by atoms with E-state index >= 15 is 0 Å². The Balaban J connectivity index is 2.18. The quantitative estimate of drug-likeness (QED) is 0.432. The van der Waals surface area contributed by atoms with Crippen molar-refractivity contribution in [3.8, 4) is 0 Å². The summed E-state index contributed by atoms with van der Waals surface area (Å²) < 4.78 is 90.0.